The number of hydrogen-bond donors (Lipinski definition) is 2. The largest absolute Gasteiger partial charge is 0.486 e. The Morgan fingerprint density at radius 3 is 2.82 bits per heavy atom. The van der Waals surface area contributed by atoms with Gasteiger partial charge in [-0.1, -0.05) is 11.6 Å². The molecular formula is C23H22ClN6O3S+. The van der Waals surface area contributed by atoms with Gasteiger partial charge in [0, 0.05) is 53.2 Å². The molecule has 0 spiro atoms. The quantitative estimate of drug-likeness (QED) is 0.304. The van der Waals surface area contributed by atoms with Crippen LogP contribution in [0.2, 0.25) is 5.02 Å². The highest BCUT2D eigenvalue weighted by Crippen LogP contribution is 2.42. The summed E-state index contributed by atoms with van der Waals surface area (Å²) in [7, 11) is 0. The molecule has 2 fully saturated rings. The van der Waals surface area contributed by atoms with Gasteiger partial charge in [0.15, 0.2) is 6.04 Å². The van der Waals surface area contributed by atoms with Crippen LogP contribution in [-0.2, 0) is 16.1 Å². The van der Waals surface area contributed by atoms with Gasteiger partial charge < -0.3 is 10.1 Å². The van der Waals surface area contributed by atoms with Crippen LogP contribution in [0.5, 0.6) is 5.75 Å². The third-order valence-electron chi connectivity index (χ3n) is 6.06. The predicted octanol–water partition coefficient (Wildman–Crippen LogP) is 3.84. The first-order valence-corrected chi connectivity index (χ1v) is 12.1. The molecule has 0 saturated carbocycles. The molecular weight excluding hydrogens is 476 g/mol. The number of nitrogens with one attached hydrogen (secondary N) is 2. The first-order chi connectivity index (χ1) is 16.4. The summed E-state index contributed by atoms with van der Waals surface area (Å²) in [4.78, 5) is 34.1. The molecule has 2 N–H and O–H groups in total. The summed E-state index contributed by atoms with van der Waals surface area (Å²) in [6.45, 7) is 3.38. The Hall–Kier alpha value is -3.17. The maximum atomic E-state index is 12.1. The van der Waals surface area contributed by atoms with Crippen molar-refractivity contribution in [3.8, 4) is 16.9 Å². The van der Waals surface area contributed by atoms with Gasteiger partial charge in [-0.2, -0.15) is 0 Å². The number of rotatable bonds is 6. The van der Waals surface area contributed by atoms with Crippen LogP contribution < -0.4 is 15.0 Å². The van der Waals surface area contributed by atoms with E-state index in [1.165, 1.54) is 16.2 Å². The molecule has 2 aromatic heterocycles. The zero-order chi connectivity index (χ0) is 23.8. The number of aryl methyl sites for hydroxylation is 1. The molecule has 0 bridgehead atoms. The number of nitrogens with zero attached hydrogens (tertiary/aromatic N) is 4. The van der Waals surface area contributed by atoms with Crippen LogP contribution >= 0.6 is 22.9 Å². The minimum Gasteiger partial charge on any atom is -0.486 e. The fraction of sp³-hybridized carbons (Fsp3) is 0.348. The van der Waals surface area contributed by atoms with Crippen molar-refractivity contribution in [2.24, 2.45) is 5.11 Å². The van der Waals surface area contributed by atoms with Gasteiger partial charge in [0.25, 0.3) is 0 Å². The van der Waals surface area contributed by atoms with E-state index in [0.717, 1.165) is 31.8 Å². The van der Waals surface area contributed by atoms with Crippen molar-refractivity contribution < 1.29 is 14.3 Å². The molecule has 2 aliphatic heterocycles. The van der Waals surface area contributed by atoms with Gasteiger partial charge in [0.1, 0.15) is 22.5 Å². The second-order valence-corrected chi connectivity index (χ2v) is 9.93. The Kier molecular flexibility index (Phi) is 6.14. The number of fused-ring (bicyclic) bond motifs is 1. The number of hydrogen-bond acceptors (Lipinski definition) is 8. The average Bonchev–Trinajstić information content (AvgIpc) is 3.51. The number of aromatic nitrogens is 1. The summed E-state index contributed by atoms with van der Waals surface area (Å²) in [5.74, 6) is 0.415. The van der Waals surface area contributed by atoms with Gasteiger partial charge in [-0.25, -0.2) is 0 Å². The second-order valence-electron chi connectivity index (χ2n) is 8.36. The van der Waals surface area contributed by atoms with E-state index in [4.69, 9.17) is 21.9 Å². The molecule has 0 radical (unpaired) electrons. The number of halogens is 1. The third kappa shape index (κ3) is 4.21. The molecule has 2 amide bonds. The molecule has 9 nitrogen and oxygen atoms in total. The van der Waals surface area contributed by atoms with Gasteiger partial charge in [0.05, 0.1) is 16.8 Å². The summed E-state index contributed by atoms with van der Waals surface area (Å²) >= 11 is 7.95. The number of carbonyl (C=O) groups excluding carboxylic acids is 2. The number of likely N-dealkylation sites (tertiary alicyclic amines) is 1. The molecule has 2 atom stereocenters. The number of thiophene rings is 1. The van der Waals surface area contributed by atoms with E-state index in [9.17, 15) is 9.59 Å². The number of imide groups is 1. The maximum Gasteiger partial charge on any atom is 0.230 e. The summed E-state index contributed by atoms with van der Waals surface area (Å²) in [6.07, 6.45) is 2.00. The van der Waals surface area contributed by atoms with Crippen molar-refractivity contribution in [3.63, 3.8) is 0 Å². The van der Waals surface area contributed by atoms with Crippen LogP contribution in [0.4, 0.5) is 0 Å². The number of carbonyl (C=O) groups is 2. The Morgan fingerprint density at radius 2 is 2.06 bits per heavy atom. The van der Waals surface area contributed by atoms with Crippen LogP contribution in [0.15, 0.2) is 35.6 Å². The lowest BCUT2D eigenvalue weighted by molar-refractivity contribution is -0.138. The summed E-state index contributed by atoms with van der Waals surface area (Å²) in [5.41, 5.74) is 10.5. The minimum atomic E-state index is -0.267. The van der Waals surface area contributed by atoms with Crippen molar-refractivity contribution in [3.05, 3.63) is 45.9 Å². The highest BCUT2D eigenvalue weighted by molar-refractivity contribution is 7.19. The topological polar surface area (TPSA) is 122 Å². The fourth-order valence-corrected chi connectivity index (χ4v) is 5.82. The van der Waals surface area contributed by atoms with Crippen LogP contribution in [0.25, 0.3) is 21.3 Å². The molecule has 34 heavy (non-hydrogen) atoms. The van der Waals surface area contributed by atoms with E-state index in [0.29, 0.717) is 23.9 Å². The fourth-order valence-electron chi connectivity index (χ4n) is 4.42. The van der Waals surface area contributed by atoms with Crippen molar-refractivity contribution in [2.75, 3.05) is 13.1 Å². The van der Waals surface area contributed by atoms with Gasteiger partial charge in [0.2, 0.25) is 16.7 Å². The van der Waals surface area contributed by atoms with Crippen molar-refractivity contribution >= 4 is 45.0 Å². The van der Waals surface area contributed by atoms with Gasteiger partial charge >= 0.3 is 0 Å². The molecule has 2 aliphatic rings. The molecule has 2 saturated heterocycles. The number of amides is 2. The first-order valence-electron chi connectivity index (χ1n) is 10.9. The van der Waals surface area contributed by atoms with Crippen LogP contribution in [-0.4, -0.2) is 46.9 Å². The Labute approximate surface area is 204 Å². The third-order valence-corrected chi connectivity index (χ3v) is 7.43. The SMILES string of the molecule is Cc1cc(Cl)cc(-c2ccnc3cc(CN4C(=O)CCC4=O)sc23)c1O[C@@H]1CNC[C@@H]1N=[N+]=N. The highest BCUT2D eigenvalue weighted by Gasteiger charge is 2.34. The van der Waals surface area contributed by atoms with E-state index < -0.39 is 0 Å². The molecule has 5 rings (SSSR count). The van der Waals surface area contributed by atoms with Gasteiger partial charge in [-0.15, -0.1) is 11.3 Å². The minimum absolute atomic E-state index is 0.138. The zero-order valence-electron chi connectivity index (χ0n) is 18.4. The van der Waals surface area contributed by atoms with E-state index in [1.54, 1.807) is 6.20 Å². The van der Waals surface area contributed by atoms with Crippen LogP contribution in [0, 0.1) is 12.5 Å². The normalized spacial score (nSPS) is 20.2. The summed E-state index contributed by atoms with van der Waals surface area (Å²) < 4.78 is 7.36. The zero-order valence-corrected chi connectivity index (χ0v) is 19.9. The Bertz CT molecular complexity index is 1340. The van der Waals surface area contributed by atoms with E-state index in [-0.39, 0.29) is 43.3 Å². The first kappa shape index (κ1) is 22.6. The maximum absolute atomic E-state index is 12.1. The van der Waals surface area contributed by atoms with Gasteiger partial charge in [-0.3, -0.25) is 19.5 Å². The predicted molar refractivity (Wildman–Crippen MR) is 128 cm³/mol. The molecule has 11 heteroatoms. The van der Waals surface area contributed by atoms with Crippen LogP contribution in [0.3, 0.4) is 0 Å². The lowest BCUT2D eigenvalue weighted by Crippen LogP contribution is -2.29. The Morgan fingerprint density at radius 1 is 1.26 bits per heavy atom. The molecule has 0 aliphatic carbocycles. The lowest BCUT2D eigenvalue weighted by Gasteiger charge is -2.20. The monoisotopic (exact) mass is 497 g/mol. The highest BCUT2D eigenvalue weighted by atomic mass is 35.5. The summed E-state index contributed by atoms with van der Waals surface area (Å²) in [5, 5.41) is 7.80. The molecule has 4 heterocycles. The van der Waals surface area contributed by atoms with E-state index in [2.05, 4.69) is 20.3 Å². The lowest BCUT2D eigenvalue weighted by atomic mass is 10.0. The number of ether oxygens (including phenoxy) is 1. The van der Waals surface area contributed by atoms with Crippen LogP contribution in [0.1, 0.15) is 23.3 Å². The standard InChI is InChI=1S/C23H22ClN6O3S/c1-12-6-13(24)7-16(22(12)33-19-10-26-9-18(19)28-29-25)15-4-5-27-17-8-14(34-23(15)17)11-30-20(31)2-3-21(30)32/h4-8,18-19,25-26H,2-3,9-11H2,1H3/q+1/t18-,19+/m0/s1. The molecule has 3 aromatic rings. The second kappa shape index (κ2) is 9.23. The van der Waals surface area contributed by atoms with Crippen molar-refractivity contribution in [2.45, 2.75) is 38.5 Å². The molecule has 1 aromatic carbocycles. The number of benzene rings is 1. The van der Waals surface area contributed by atoms with E-state index in [1.807, 2.05) is 31.2 Å². The average molecular weight is 498 g/mol. The van der Waals surface area contributed by atoms with Gasteiger partial charge in [-0.05, 0) is 36.8 Å². The van der Waals surface area contributed by atoms with Crippen molar-refractivity contribution in [1.82, 2.24) is 20.1 Å². The smallest absolute Gasteiger partial charge is 0.230 e. The molecule has 0 unspecified atom stereocenters. The van der Waals surface area contributed by atoms with E-state index >= 15 is 0 Å². The Balaban J connectivity index is 1.55. The van der Waals surface area contributed by atoms with Crippen molar-refractivity contribution in [1.29, 1.82) is 5.53 Å². The molecule has 174 valence electrons. The summed E-state index contributed by atoms with van der Waals surface area (Å²) in [6, 6.07) is 7.32. The number of pyridine rings is 1.